The van der Waals surface area contributed by atoms with Crippen LogP contribution in [0.1, 0.15) is 24.8 Å². The number of amides is 2. The van der Waals surface area contributed by atoms with Crippen LogP contribution in [-0.4, -0.2) is 52.1 Å². The Morgan fingerprint density at radius 3 is 3.00 bits per heavy atom. The van der Waals surface area contributed by atoms with E-state index >= 15 is 0 Å². The fourth-order valence-corrected chi connectivity index (χ4v) is 2.22. The van der Waals surface area contributed by atoms with Gasteiger partial charge in [-0.25, -0.2) is 4.79 Å². The molecule has 0 saturated heterocycles. The van der Waals surface area contributed by atoms with E-state index in [1.807, 2.05) is 19.4 Å². The van der Waals surface area contributed by atoms with Crippen molar-refractivity contribution < 1.29 is 9.90 Å². The van der Waals surface area contributed by atoms with Crippen LogP contribution in [0.5, 0.6) is 0 Å². The van der Waals surface area contributed by atoms with E-state index in [2.05, 4.69) is 10.4 Å². The Morgan fingerprint density at radius 2 is 2.40 bits per heavy atom. The first-order chi connectivity index (χ1) is 9.56. The molecule has 1 heterocycles. The molecule has 0 bridgehead atoms. The van der Waals surface area contributed by atoms with Gasteiger partial charge in [0.15, 0.2) is 0 Å². The average Bonchev–Trinajstić information content (AvgIpc) is 3.18. The Bertz CT molecular complexity index is 442. The normalized spacial score (nSPS) is 15.9. The number of hydrogen-bond acceptors (Lipinski definition) is 3. The van der Waals surface area contributed by atoms with E-state index in [4.69, 9.17) is 0 Å². The van der Waals surface area contributed by atoms with Crippen LogP contribution < -0.4 is 5.32 Å². The monoisotopic (exact) mass is 280 g/mol. The molecule has 0 aliphatic heterocycles. The highest BCUT2D eigenvalue weighted by Gasteiger charge is 2.31. The molecule has 0 radical (unpaired) electrons. The highest BCUT2D eigenvalue weighted by atomic mass is 16.3. The van der Waals surface area contributed by atoms with Gasteiger partial charge in [-0.1, -0.05) is 0 Å². The number of hydrogen-bond donors (Lipinski definition) is 2. The summed E-state index contributed by atoms with van der Waals surface area (Å²) in [6.07, 6.45) is 7.42. The molecule has 2 N–H and O–H groups in total. The minimum atomic E-state index is -0.374. The van der Waals surface area contributed by atoms with Crippen molar-refractivity contribution in [3.8, 4) is 0 Å². The minimum Gasteiger partial charge on any atom is -0.391 e. The Morgan fingerprint density at radius 1 is 1.65 bits per heavy atom. The van der Waals surface area contributed by atoms with Crippen LogP contribution in [0.15, 0.2) is 12.4 Å². The number of nitrogens with zero attached hydrogens (tertiary/aromatic N) is 3. The molecule has 1 aliphatic carbocycles. The van der Waals surface area contributed by atoms with Gasteiger partial charge in [0.25, 0.3) is 0 Å². The summed E-state index contributed by atoms with van der Waals surface area (Å²) >= 11 is 0. The van der Waals surface area contributed by atoms with E-state index in [1.54, 1.807) is 16.6 Å². The topological polar surface area (TPSA) is 70.4 Å². The molecule has 1 fully saturated rings. The fourth-order valence-electron chi connectivity index (χ4n) is 2.22. The number of carbonyl (C=O) groups excluding carboxylic acids is 1. The highest BCUT2D eigenvalue weighted by Crippen LogP contribution is 2.32. The van der Waals surface area contributed by atoms with Gasteiger partial charge < -0.3 is 15.3 Å². The zero-order chi connectivity index (χ0) is 14.5. The molecule has 1 aromatic rings. The molecule has 20 heavy (non-hydrogen) atoms. The lowest BCUT2D eigenvalue weighted by Crippen LogP contribution is -2.42. The van der Waals surface area contributed by atoms with Gasteiger partial charge in [0, 0.05) is 33.4 Å². The SMILES string of the molecule is CN(CC(O)C1CC1)C(=O)NCCCc1cnn(C)c1. The lowest BCUT2D eigenvalue weighted by atomic mass is 10.2. The summed E-state index contributed by atoms with van der Waals surface area (Å²) in [6.45, 7) is 1.05. The van der Waals surface area contributed by atoms with Gasteiger partial charge >= 0.3 is 6.03 Å². The lowest BCUT2D eigenvalue weighted by Gasteiger charge is -2.21. The average molecular weight is 280 g/mol. The quantitative estimate of drug-likeness (QED) is 0.725. The molecular weight excluding hydrogens is 256 g/mol. The van der Waals surface area contributed by atoms with Crippen LogP contribution in [0.2, 0.25) is 0 Å². The van der Waals surface area contributed by atoms with Gasteiger partial charge in [0.1, 0.15) is 0 Å². The van der Waals surface area contributed by atoms with E-state index in [0.29, 0.717) is 19.0 Å². The van der Waals surface area contributed by atoms with E-state index in [-0.39, 0.29) is 12.1 Å². The van der Waals surface area contributed by atoms with Crippen LogP contribution in [0.25, 0.3) is 0 Å². The highest BCUT2D eigenvalue weighted by molar-refractivity contribution is 5.73. The largest absolute Gasteiger partial charge is 0.391 e. The Kier molecular flexibility index (Phi) is 5.00. The number of likely N-dealkylation sites (N-methyl/N-ethyl adjacent to an activating group) is 1. The predicted molar refractivity (Wildman–Crippen MR) is 76.3 cm³/mol. The summed E-state index contributed by atoms with van der Waals surface area (Å²) in [6, 6.07) is -0.115. The van der Waals surface area contributed by atoms with Crippen molar-refractivity contribution in [1.82, 2.24) is 20.0 Å². The van der Waals surface area contributed by atoms with E-state index in [9.17, 15) is 9.90 Å². The number of aromatic nitrogens is 2. The maximum Gasteiger partial charge on any atom is 0.317 e. The molecule has 6 nitrogen and oxygen atoms in total. The first-order valence-electron chi connectivity index (χ1n) is 7.21. The van der Waals surface area contributed by atoms with Gasteiger partial charge in [0.2, 0.25) is 0 Å². The van der Waals surface area contributed by atoms with Gasteiger partial charge in [-0.3, -0.25) is 4.68 Å². The number of aliphatic hydroxyl groups is 1. The standard InChI is InChI=1S/C14H24N4O2/c1-17(10-13(19)12-5-6-12)14(20)15-7-3-4-11-8-16-18(2)9-11/h8-9,12-13,19H,3-7,10H2,1-2H3,(H,15,20). The molecule has 1 saturated carbocycles. The molecule has 1 aromatic heterocycles. The third-order valence-corrected chi connectivity index (χ3v) is 3.65. The van der Waals surface area contributed by atoms with Crippen molar-refractivity contribution >= 4 is 6.03 Å². The first-order valence-corrected chi connectivity index (χ1v) is 7.21. The Labute approximate surface area is 119 Å². The van der Waals surface area contributed by atoms with Gasteiger partial charge in [-0.05, 0) is 37.2 Å². The summed E-state index contributed by atoms with van der Waals surface area (Å²) in [5, 5.41) is 16.8. The van der Waals surface area contributed by atoms with Gasteiger partial charge in [0.05, 0.1) is 12.3 Å². The lowest BCUT2D eigenvalue weighted by molar-refractivity contribution is 0.113. The fraction of sp³-hybridized carbons (Fsp3) is 0.714. The van der Waals surface area contributed by atoms with E-state index in [0.717, 1.165) is 25.7 Å². The number of rotatable bonds is 7. The summed E-state index contributed by atoms with van der Waals surface area (Å²) < 4.78 is 1.78. The van der Waals surface area contributed by atoms with Crippen molar-refractivity contribution in [1.29, 1.82) is 0 Å². The van der Waals surface area contributed by atoms with Crippen LogP contribution in [0.3, 0.4) is 0 Å². The zero-order valence-corrected chi connectivity index (χ0v) is 12.2. The molecular formula is C14H24N4O2. The molecule has 1 atom stereocenters. The van der Waals surface area contributed by atoms with E-state index < -0.39 is 0 Å². The van der Waals surface area contributed by atoms with E-state index in [1.165, 1.54) is 5.56 Å². The molecule has 0 spiro atoms. The van der Waals surface area contributed by atoms with Crippen LogP contribution in [0, 0.1) is 5.92 Å². The van der Waals surface area contributed by atoms with Crippen molar-refractivity contribution in [2.24, 2.45) is 13.0 Å². The van der Waals surface area contributed by atoms with Crippen molar-refractivity contribution in [2.75, 3.05) is 20.1 Å². The van der Waals surface area contributed by atoms with Crippen molar-refractivity contribution in [3.63, 3.8) is 0 Å². The predicted octanol–water partition coefficient (Wildman–Crippen LogP) is 0.765. The number of aliphatic hydroxyl groups excluding tert-OH is 1. The summed E-state index contributed by atoms with van der Waals surface area (Å²) in [4.78, 5) is 13.4. The third-order valence-electron chi connectivity index (χ3n) is 3.65. The maximum atomic E-state index is 11.8. The van der Waals surface area contributed by atoms with Gasteiger partial charge in [-0.2, -0.15) is 5.10 Å². The van der Waals surface area contributed by atoms with Crippen LogP contribution in [-0.2, 0) is 13.5 Å². The summed E-state index contributed by atoms with van der Waals surface area (Å²) in [5.41, 5.74) is 1.18. The second-order valence-electron chi connectivity index (χ2n) is 5.64. The second-order valence-corrected chi connectivity index (χ2v) is 5.64. The van der Waals surface area contributed by atoms with Crippen molar-refractivity contribution in [3.05, 3.63) is 18.0 Å². The van der Waals surface area contributed by atoms with Gasteiger partial charge in [-0.15, -0.1) is 0 Å². The molecule has 2 amide bonds. The summed E-state index contributed by atoms with van der Waals surface area (Å²) in [5.74, 6) is 0.399. The number of carbonyl (C=O) groups is 1. The smallest absolute Gasteiger partial charge is 0.317 e. The molecule has 0 aromatic carbocycles. The number of aryl methyl sites for hydroxylation is 2. The molecule has 2 rings (SSSR count). The number of urea groups is 1. The Balaban J connectivity index is 1.59. The Hall–Kier alpha value is -1.56. The minimum absolute atomic E-state index is 0.115. The van der Waals surface area contributed by atoms with Crippen molar-refractivity contribution in [2.45, 2.75) is 31.8 Å². The number of nitrogens with one attached hydrogen (secondary N) is 1. The molecule has 6 heteroatoms. The molecule has 112 valence electrons. The van der Waals surface area contributed by atoms with Crippen LogP contribution >= 0.6 is 0 Å². The maximum absolute atomic E-state index is 11.8. The first kappa shape index (κ1) is 14.8. The third kappa shape index (κ3) is 4.52. The second kappa shape index (κ2) is 6.74. The summed E-state index contributed by atoms with van der Waals surface area (Å²) in [7, 11) is 3.62. The zero-order valence-electron chi connectivity index (χ0n) is 12.2. The van der Waals surface area contributed by atoms with Crippen LogP contribution in [0.4, 0.5) is 4.79 Å². The molecule has 1 unspecified atom stereocenters. The molecule has 1 aliphatic rings.